The van der Waals surface area contributed by atoms with Crippen LogP contribution in [0.4, 0.5) is 13.2 Å². The molecule has 1 aromatic heterocycles. The highest BCUT2D eigenvalue weighted by Crippen LogP contribution is 2.15. The summed E-state index contributed by atoms with van der Waals surface area (Å²) in [6.07, 6.45) is -4.44. The van der Waals surface area contributed by atoms with Crippen molar-refractivity contribution < 1.29 is 17.9 Å². The molecule has 1 rings (SSSR count). The molecule has 0 spiro atoms. The lowest BCUT2D eigenvalue weighted by Gasteiger charge is -2.06. The van der Waals surface area contributed by atoms with E-state index >= 15 is 0 Å². The van der Waals surface area contributed by atoms with Gasteiger partial charge >= 0.3 is 17.9 Å². The van der Waals surface area contributed by atoms with E-state index in [0.717, 1.165) is 9.25 Å². The minimum absolute atomic E-state index is 0.280. The molecule has 1 heterocycles. The highest BCUT2D eigenvalue weighted by molar-refractivity contribution is 4.92. The number of ether oxygens (including phenoxy) is 1. The van der Waals surface area contributed by atoms with Gasteiger partial charge in [0.25, 0.3) is 0 Å². The van der Waals surface area contributed by atoms with Crippen LogP contribution in [0.2, 0.25) is 0 Å². The van der Waals surface area contributed by atoms with E-state index in [1.807, 2.05) is 0 Å². The Morgan fingerprint density at radius 3 is 2.47 bits per heavy atom. The van der Waals surface area contributed by atoms with Gasteiger partial charge in [0.2, 0.25) is 0 Å². The average molecular weight is 225 g/mol. The van der Waals surface area contributed by atoms with Crippen molar-refractivity contribution in [2.45, 2.75) is 19.6 Å². The summed E-state index contributed by atoms with van der Waals surface area (Å²) in [6.45, 7) is 0.477. The van der Waals surface area contributed by atoms with Crippen LogP contribution in [0.25, 0.3) is 0 Å². The first kappa shape index (κ1) is 11.6. The van der Waals surface area contributed by atoms with Crippen molar-refractivity contribution in [3.05, 3.63) is 10.5 Å². The van der Waals surface area contributed by atoms with Crippen molar-refractivity contribution in [1.82, 2.24) is 14.3 Å². The van der Waals surface area contributed by atoms with E-state index in [-0.39, 0.29) is 12.6 Å². The Labute approximate surface area is 83.1 Å². The Bertz CT molecular complexity index is 393. The van der Waals surface area contributed by atoms with E-state index in [4.69, 9.17) is 0 Å². The van der Waals surface area contributed by atoms with Crippen molar-refractivity contribution >= 4 is 0 Å². The predicted molar refractivity (Wildman–Crippen MR) is 44.7 cm³/mol. The molecule has 0 saturated heterocycles. The number of nitrogens with zero attached hydrogens (tertiary/aromatic N) is 3. The van der Waals surface area contributed by atoms with Crippen LogP contribution in [0.15, 0.2) is 4.79 Å². The lowest BCUT2D eigenvalue weighted by Crippen LogP contribution is -2.23. The molecule has 1 aromatic rings. The first-order chi connectivity index (χ1) is 6.85. The fraction of sp³-hybridized carbons (Fsp3) is 0.714. The van der Waals surface area contributed by atoms with Crippen molar-refractivity contribution in [2.24, 2.45) is 7.05 Å². The van der Waals surface area contributed by atoms with Crippen LogP contribution in [-0.2, 0) is 13.6 Å². The Kier molecular flexibility index (Phi) is 3.06. The SMILES string of the molecule is CCn1nc(OCC(F)(F)F)n(C)c1=O. The minimum atomic E-state index is -4.44. The van der Waals surface area contributed by atoms with Crippen LogP contribution in [0.3, 0.4) is 0 Å². The molecule has 0 atom stereocenters. The van der Waals surface area contributed by atoms with Gasteiger partial charge in [0.15, 0.2) is 6.61 Å². The van der Waals surface area contributed by atoms with Gasteiger partial charge in [-0.05, 0) is 6.92 Å². The zero-order valence-corrected chi connectivity index (χ0v) is 8.21. The topological polar surface area (TPSA) is 49.0 Å². The summed E-state index contributed by atoms with van der Waals surface area (Å²) < 4.78 is 41.8. The molecule has 0 bridgehead atoms. The molecule has 0 aliphatic carbocycles. The predicted octanol–water partition coefficient (Wildman–Crippen LogP) is 0.543. The number of hydrogen-bond acceptors (Lipinski definition) is 3. The standard InChI is InChI=1S/C7H10F3N3O2/c1-3-13-6(14)12(2)5(11-13)15-4-7(8,9)10/h3-4H2,1-2H3. The van der Waals surface area contributed by atoms with E-state index in [1.165, 1.54) is 7.05 Å². The van der Waals surface area contributed by atoms with Gasteiger partial charge in [0.1, 0.15) is 0 Å². The number of alkyl halides is 3. The second-order valence-electron chi connectivity index (χ2n) is 2.84. The molecule has 0 aliphatic heterocycles. The molecule has 0 aromatic carbocycles. The Morgan fingerprint density at radius 1 is 1.47 bits per heavy atom. The van der Waals surface area contributed by atoms with E-state index in [1.54, 1.807) is 6.92 Å². The number of aromatic nitrogens is 3. The maximum atomic E-state index is 11.8. The Morgan fingerprint density at radius 2 is 2.07 bits per heavy atom. The second kappa shape index (κ2) is 3.95. The number of aryl methyl sites for hydroxylation is 1. The van der Waals surface area contributed by atoms with Crippen molar-refractivity contribution in [3.63, 3.8) is 0 Å². The summed E-state index contributed by atoms with van der Waals surface area (Å²) in [7, 11) is 1.30. The third-order valence-corrected chi connectivity index (χ3v) is 1.67. The summed E-state index contributed by atoms with van der Waals surface area (Å²) in [5, 5.41) is 3.58. The summed E-state index contributed by atoms with van der Waals surface area (Å²) in [4.78, 5) is 11.2. The number of hydrogen-bond donors (Lipinski definition) is 0. The van der Waals surface area contributed by atoms with Crippen LogP contribution >= 0.6 is 0 Å². The van der Waals surface area contributed by atoms with E-state index in [2.05, 4.69) is 9.84 Å². The molecule has 0 saturated carbocycles. The first-order valence-electron chi connectivity index (χ1n) is 4.18. The van der Waals surface area contributed by atoms with Crippen molar-refractivity contribution in [1.29, 1.82) is 0 Å². The molecule has 0 amide bonds. The lowest BCUT2D eigenvalue weighted by molar-refractivity contribution is -0.155. The van der Waals surface area contributed by atoms with Crippen LogP contribution < -0.4 is 10.4 Å². The first-order valence-corrected chi connectivity index (χ1v) is 4.18. The van der Waals surface area contributed by atoms with Gasteiger partial charge in [-0.15, -0.1) is 5.10 Å². The molecule has 0 aliphatic rings. The monoisotopic (exact) mass is 225 g/mol. The molecular weight excluding hydrogens is 215 g/mol. The highest BCUT2D eigenvalue weighted by Gasteiger charge is 2.29. The average Bonchev–Trinajstić information content (AvgIpc) is 2.40. The Balaban J connectivity index is 2.83. The van der Waals surface area contributed by atoms with Crippen molar-refractivity contribution in [3.8, 4) is 6.01 Å². The lowest BCUT2D eigenvalue weighted by atomic mass is 10.7. The summed E-state index contributed by atoms with van der Waals surface area (Å²) in [5.74, 6) is 0. The fourth-order valence-corrected chi connectivity index (χ4v) is 0.946. The number of rotatable bonds is 3. The summed E-state index contributed by atoms with van der Waals surface area (Å²) in [5.41, 5.74) is -0.505. The molecule has 0 unspecified atom stereocenters. The third-order valence-electron chi connectivity index (χ3n) is 1.67. The van der Waals surface area contributed by atoms with E-state index in [0.29, 0.717) is 0 Å². The van der Waals surface area contributed by atoms with Gasteiger partial charge in [0, 0.05) is 13.6 Å². The maximum Gasteiger partial charge on any atom is 0.422 e. The molecule has 8 heteroatoms. The second-order valence-corrected chi connectivity index (χ2v) is 2.84. The minimum Gasteiger partial charge on any atom is -0.454 e. The van der Waals surface area contributed by atoms with Crippen LogP contribution in [0.1, 0.15) is 6.92 Å². The quantitative estimate of drug-likeness (QED) is 0.754. The van der Waals surface area contributed by atoms with Crippen molar-refractivity contribution in [2.75, 3.05) is 6.61 Å². The molecule has 86 valence electrons. The molecular formula is C7H10F3N3O2. The van der Waals surface area contributed by atoms with Gasteiger partial charge in [0.05, 0.1) is 0 Å². The van der Waals surface area contributed by atoms with Gasteiger partial charge in [-0.1, -0.05) is 0 Å². The van der Waals surface area contributed by atoms with Crippen LogP contribution in [0.5, 0.6) is 6.01 Å². The molecule has 0 radical (unpaired) electrons. The van der Waals surface area contributed by atoms with Gasteiger partial charge < -0.3 is 4.74 Å². The van der Waals surface area contributed by atoms with E-state index in [9.17, 15) is 18.0 Å². The smallest absolute Gasteiger partial charge is 0.422 e. The Hall–Kier alpha value is -1.47. The van der Waals surface area contributed by atoms with Gasteiger partial charge in [-0.3, -0.25) is 0 Å². The maximum absolute atomic E-state index is 11.8. The molecule has 5 nitrogen and oxygen atoms in total. The van der Waals surface area contributed by atoms with Gasteiger partial charge in [-0.2, -0.15) is 13.2 Å². The largest absolute Gasteiger partial charge is 0.454 e. The van der Waals surface area contributed by atoms with E-state index < -0.39 is 18.5 Å². The van der Waals surface area contributed by atoms with Crippen LogP contribution in [0, 0.1) is 0 Å². The summed E-state index contributed by atoms with van der Waals surface area (Å²) in [6, 6.07) is -0.334. The normalized spacial score (nSPS) is 11.8. The molecule has 0 N–H and O–H groups in total. The third kappa shape index (κ3) is 2.74. The fourth-order valence-electron chi connectivity index (χ4n) is 0.946. The number of halogens is 3. The zero-order chi connectivity index (χ0) is 11.6. The zero-order valence-electron chi connectivity index (χ0n) is 8.21. The highest BCUT2D eigenvalue weighted by atomic mass is 19.4. The van der Waals surface area contributed by atoms with Gasteiger partial charge in [-0.25, -0.2) is 14.0 Å². The molecule has 15 heavy (non-hydrogen) atoms. The summed E-state index contributed by atoms with van der Waals surface area (Å²) >= 11 is 0. The molecule has 0 fully saturated rings. The van der Waals surface area contributed by atoms with Crippen LogP contribution in [-0.4, -0.2) is 27.1 Å².